The molecule has 4 nitrogen and oxygen atoms in total. The summed E-state index contributed by atoms with van der Waals surface area (Å²) in [5.74, 6) is -0.953. The Labute approximate surface area is 105 Å². The molecule has 0 aromatic heterocycles. The Morgan fingerprint density at radius 1 is 1.35 bits per heavy atom. The lowest BCUT2D eigenvalue weighted by Crippen LogP contribution is -2.51. The Morgan fingerprint density at radius 2 is 1.94 bits per heavy atom. The molecule has 0 aliphatic carbocycles. The molecule has 0 aromatic rings. The number of hydrogen-bond acceptors (Lipinski definition) is 4. The molecule has 0 atom stereocenters. The predicted octanol–water partition coefficient (Wildman–Crippen LogP) is 1.67. The van der Waals surface area contributed by atoms with Crippen molar-refractivity contribution in [1.29, 1.82) is 0 Å². The van der Waals surface area contributed by atoms with Crippen LogP contribution in [0.5, 0.6) is 0 Å². The third-order valence-corrected chi connectivity index (χ3v) is 3.87. The first-order valence-corrected chi connectivity index (χ1v) is 6.30. The average Bonchev–Trinajstić information content (AvgIpc) is 2.39. The summed E-state index contributed by atoms with van der Waals surface area (Å²) < 4.78 is 23.4. The second-order valence-corrected chi connectivity index (χ2v) is 4.86. The van der Waals surface area contributed by atoms with E-state index in [0.717, 1.165) is 26.1 Å². The molecular weight excluding hydrogens is 249 g/mol. The molecule has 0 N–H and O–H groups in total. The summed E-state index contributed by atoms with van der Waals surface area (Å²) in [5.41, 5.74) is -1.90. The molecule has 2 heterocycles. The van der Waals surface area contributed by atoms with E-state index in [1.807, 2.05) is 0 Å². The van der Waals surface area contributed by atoms with E-state index in [1.54, 1.807) is 0 Å². The third kappa shape index (κ3) is 2.89. The summed E-state index contributed by atoms with van der Waals surface area (Å²) in [6, 6.07) is 0.459. The van der Waals surface area contributed by atoms with Crippen LogP contribution in [-0.4, -0.2) is 48.9 Å². The summed E-state index contributed by atoms with van der Waals surface area (Å²) in [4.78, 5) is 13.4. The van der Waals surface area contributed by atoms with E-state index in [1.165, 1.54) is 0 Å². The minimum atomic E-state index is -1.90. The fraction of sp³-hybridized carbons (Fsp3) is 0.909. The number of alkyl halides is 1. The maximum atomic E-state index is 14.1. The van der Waals surface area contributed by atoms with Gasteiger partial charge in [-0.05, 0) is 12.8 Å². The van der Waals surface area contributed by atoms with Crippen LogP contribution in [0.1, 0.15) is 25.7 Å². The number of carbonyl (C=O) groups is 1. The molecule has 0 unspecified atom stereocenters. The maximum absolute atomic E-state index is 14.1. The number of hydrogen-bond donors (Lipinski definition) is 0. The van der Waals surface area contributed by atoms with Crippen LogP contribution in [0.4, 0.5) is 4.39 Å². The van der Waals surface area contributed by atoms with Gasteiger partial charge in [-0.2, -0.15) is 0 Å². The second kappa shape index (κ2) is 5.50. The monoisotopic (exact) mass is 265 g/mol. The summed E-state index contributed by atoms with van der Waals surface area (Å²) in [5, 5.41) is 0. The molecule has 98 valence electrons. The highest BCUT2D eigenvalue weighted by molar-refractivity contribution is 6.14. The maximum Gasteiger partial charge on any atom is 0.362 e. The van der Waals surface area contributed by atoms with Gasteiger partial charge >= 0.3 is 5.97 Å². The molecule has 2 rings (SSSR count). The minimum absolute atomic E-state index is 0.163. The van der Waals surface area contributed by atoms with E-state index in [4.69, 9.17) is 16.6 Å². The van der Waals surface area contributed by atoms with Gasteiger partial charge in [0.1, 0.15) is 11.9 Å². The molecule has 2 saturated heterocycles. The van der Waals surface area contributed by atoms with Crippen molar-refractivity contribution >= 4 is 17.8 Å². The van der Waals surface area contributed by atoms with Gasteiger partial charge in [0.25, 0.3) is 0 Å². The van der Waals surface area contributed by atoms with Crippen molar-refractivity contribution in [2.24, 2.45) is 0 Å². The normalized spacial score (nSPS) is 26.7. The van der Waals surface area contributed by atoms with Gasteiger partial charge in [0.2, 0.25) is 5.67 Å². The summed E-state index contributed by atoms with van der Waals surface area (Å²) >= 11 is 4.94. The van der Waals surface area contributed by atoms with Crippen LogP contribution in [0, 0.1) is 0 Å². The Balaban J connectivity index is 1.86. The largest absolute Gasteiger partial charge is 0.381 e. The number of halogens is 2. The molecule has 0 saturated carbocycles. The Hall–Kier alpha value is -0.390. The van der Waals surface area contributed by atoms with Gasteiger partial charge in [0.15, 0.2) is 0 Å². The average molecular weight is 266 g/mol. The van der Waals surface area contributed by atoms with Gasteiger partial charge in [-0.3, -0.25) is 4.90 Å². The first-order chi connectivity index (χ1) is 8.15. The SMILES string of the molecule is O=C(OCl)C1(F)CCN(C2CCOCC2)CC1. The van der Waals surface area contributed by atoms with Crippen molar-refractivity contribution in [3.05, 3.63) is 0 Å². The fourth-order valence-electron chi connectivity index (χ4n) is 2.57. The Kier molecular flexibility index (Phi) is 4.22. The number of rotatable bonds is 2. The van der Waals surface area contributed by atoms with Crippen molar-refractivity contribution in [3.8, 4) is 0 Å². The summed E-state index contributed by atoms with van der Waals surface area (Å²) in [7, 11) is 0. The Bertz CT molecular complexity index is 276. The lowest BCUT2D eigenvalue weighted by atomic mass is 9.91. The highest BCUT2D eigenvalue weighted by atomic mass is 35.5. The van der Waals surface area contributed by atoms with Crippen LogP contribution in [-0.2, 0) is 13.8 Å². The summed E-state index contributed by atoms with van der Waals surface area (Å²) in [6.45, 7) is 2.69. The highest BCUT2D eigenvalue weighted by Gasteiger charge is 2.44. The van der Waals surface area contributed by atoms with Gasteiger partial charge in [0.05, 0.1) is 0 Å². The molecule has 6 heteroatoms. The van der Waals surface area contributed by atoms with Gasteiger partial charge in [-0.25, -0.2) is 9.18 Å². The predicted molar refractivity (Wildman–Crippen MR) is 60.4 cm³/mol. The lowest BCUT2D eigenvalue weighted by molar-refractivity contribution is -0.151. The van der Waals surface area contributed by atoms with E-state index < -0.39 is 11.6 Å². The zero-order chi connectivity index (χ0) is 12.3. The summed E-state index contributed by atoms with van der Waals surface area (Å²) in [6.07, 6.45) is 2.30. The van der Waals surface area contributed by atoms with Crippen LogP contribution in [0.3, 0.4) is 0 Å². The molecule has 2 fully saturated rings. The topological polar surface area (TPSA) is 38.8 Å². The van der Waals surface area contributed by atoms with E-state index in [-0.39, 0.29) is 12.8 Å². The van der Waals surface area contributed by atoms with Gasteiger partial charge in [0, 0.05) is 45.2 Å². The fourth-order valence-corrected chi connectivity index (χ4v) is 2.71. The van der Waals surface area contributed by atoms with Gasteiger partial charge in [-0.1, -0.05) is 0 Å². The van der Waals surface area contributed by atoms with Crippen LogP contribution < -0.4 is 0 Å². The number of ether oxygens (including phenoxy) is 1. The first kappa shape index (κ1) is 13.1. The second-order valence-electron chi connectivity index (χ2n) is 4.71. The van der Waals surface area contributed by atoms with Crippen LogP contribution in [0.2, 0.25) is 0 Å². The minimum Gasteiger partial charge on any atom is -0.381 e. The lowest BCUT2D eigenvalue weighted by Gasteiger charge is -2.40. The van der Waals surface area contributed by atoms with Gasteiger partial charge in [-0.15, -0.1) is 0 Å². The van der Waals surface area contributed by atoms with Crippen LogP contribution in [0.25, 0.3) is 0 Å². The molecule has 0 radical (unpaired) electrons. The molecule has 0 amide bonds. The van der Waals surface area contributed by atoms with Crippen molar-refractivity contribution in [2.75, 3.05) is 26.3 Å². The van der Waals surface area contributed by atoms with E-state index >= 15 is 0 Å². The number of carbonyl (C=O) groups excluding carboxylic acids is 1. The highest BCUT2D eigenvalue weighted by Crippen LogP contribution is 2.30. The first-order valence-electron chi connectivity index (χ1n) is 5.99. The zero-order valence-corrected chi connectivity index (χ0v) is 10.4. The smallest absolute Gasteiger partial charge is 0.362 e. The molecule has 2 aliphatic rings. The van der Waals surface area contributed by atoms with Crippen LogP contribution in [0.15, 0.2) is 0 Å². The molecule has 0 spiro atoms. The third-order valence-electron chi connectivity index (χ3n) is 3.73. The molecular formula is C11H17ClFNO3. The van der Waals surface area contributed by atoms with Crippen LogP contribution >= 0.6 is 11.9 Å². The van der Waals surface area contributed by atoms with E-state index in [9.17, 15) is 9.18 Å². The van der Waals surface area contributed by atoms with Crippen molar-refractivity contribution in [1.82, 2.24) is 4.90 Å². The number of piperidine rings is 1. The molecule has 2 aliphatic heterocycles. The molecule has 0 aromatic carbocycles. The van der Waals surface area contributed by atoms with Gasteiger partial charge < -0.3 is 9.03 Å². The number of likely N-dealkylation sites (tertiary alicyclic amines) is 1. The Morgan fingerprint density at radius 3 is 2.47 bits per heavy atom. The molecule has 17 heavy (non-hydrogen) atoms. The quantitative estimate of drug-likeness (QED) is 0.761. The standard InChI is InChI=1S/C11H17ClFNO3/c12-17-10(15)11(13)3-5-14(6-4-11)9-1-7-16-8-2-9/h9H,1-8H2. The van der Waals surface area contributed by atoms with Crippen molar-refractivity contribution in [2.45, 2.75) is 37.4 Å². The van der Waals surface area contributed by atoms with E-state index in [0.29, 0.717) is 19.1 Å². The van der Waals surface area contributed by atoms with Crippen molar-refractivity contribution < 1.29 is 18.2 Å². The van der Waals surface area contributed by atoms with E-state index in [2.05, 4.69) is 9.19 Å². The van der Waals surface area contributed by atoms with Crippen molar-refractivity contribution in [3.63, 3.8) is 0 Å². The zero-order valence-electron chi connectivity index (χ0n) is 9.66. The molecule has 0 bridgehead atoms. The number of nitrogens with zero attached hydrogens (tertiary/aromatic N) is 1.